The van der Waals surface area contributed by atoms with Crippen molar-refractivity contribution in [1.82, 2.24) is 0 Å². The SMILES string of the molecule is CC/C=C/C/C=C/C/C=C/C/C=C/C/C=C/C/C=C/CCC(=O)C(O)(CO)CO. The molecular formula is C25H38O4. The molecule has 0 rings (SSSR count). The highest BCUT2D eigenvalue weighted by Crippen LogP contribution is 2.09. The van der Waals surface area contributed by atoms with E-state index in [0.717, 1.165) is 38.5 Å². The second kappa shape index (κ2) is 19.3. The average molecular weight is 403 g/mol. The number of carbonyl (C=O) groups is 1. The molecule has 4 nitrogen and oxygen atoms in total. The number of aliphatic hydroxyl groups excluding tert-OH is 2. The highest BCUT2D eigenvalue weighted by atomic mass is 16.4. The van der Waals surface area contributed by atoms with E-state index in [0.29, 0.717) is 6.42 Å². The molecular weight excluding hydrogens is 364 g/mol. The fraction of sp³-hybridized carbons (Fsp3) is 0.480. The van der Waals surface area contributed by atoms with Gasteiger partial charge < -0.3 is 15.3 Å². The summed E-state index contributed by atoms with van der Waals surface area (Å²) in [6.45, 7) is 0.623. The molecule has 0 aliphatic heterocycles. The number of allylic oxidation sites excluding steroid dienone is 12. The van der Waals surface area contributed by atoms with Crippen LogP contribution < -0.4 is 0 Å². The van der Waals surface area contributed by atoms with E-state index in [2.05, 4.69) is 67.7 Å². The predicted molar refractivity (Wildman–Crippen MR) is 122 cm³/mol. The van der Waals surface area contributed by atoms with Crippen molar-refractivity contribution in [2.75, 3.05) is 13.2 Å². The van der Waals surface area contributed by atoms with Gasteiger partial charge in [0.25, 0.3) is 0 Å². The van der Waals surface area contributed by atoms with Crippen LogP contribution in [0.1, 0.15) is 58.3 Å². The smallest absolute Gasteiger partial charge is 0.169 e. The lowest BCUT2D eigenvalue weighted by Gasteiger charge is -2.20. The van der Waals surface area contributed by atoms with Crippen LogP contribution in [-0.2, 0) is 4.79 Å². The van der Waals surface area contributed by atoms with Gasteiger partial charge in [-0.25, -0.2) is 0 Å². The number of aliphatic hydroxyl groups is 3. The average Bonchev–Trinajstić information content (AvgIpc) is 2.74. The number of Topliss-reactive ketones (excluding diaryl/α,β-unsaturated/α-hetero) is 1. The summed E-state index contributed by atoms with van der Waals surface area (Å²) < 4.78 is 0. The molecule has 0 spiro atoms. The Morgan fingerprint density at radius 2 is 1.00 bits per heavy atom. The summed E-state index contributed by atoms with van der Waals surface area (Å²) in [6.07, 6.45) is 31.6. The largest absolute Gasteiger partial charge is 0.393 e. The molecule has 0 unspecified atom stereocenters. The van der Waals surface area contributed by atoms with Crippen molar-refractivity contribution in [2.45, 2.75) is 63.9 Å². The first-order valence-electron chi connectivity index (χ1n) is 10.5. The Hall–Kier alpha value is -2.01. The van der Waals surface area contributed by atoms with Crippen molar-refractivity contribution < 1.29 is 20.1 Å². The van der Waals surface area contributed by atoms with Gasteiger partial charge in [-0.3, -0.25) is 4.79 Å². The lowest BCUT2D eigenvalue weighted by atomic mass is 9.97. The molecule has 0 saturated heterocycles. The zero-order valence-electron chi connectivity index (χ0n) is 17.7. The minimum atomic E-state index is -2.02. The van der Waals surface area contributed by atoms with Gasteiger partial charge in [0, 0.05) is 6.42 Å². The van der Waals surface area contributed by atoms with E-state index in [9.17, 15) is 9.90 Å². The van der Waals surface area contributed by atoms with E-state index in [1.807, 2.05) is 12.2 Å². The molecule has 0 heterocycles. The molecule has 0 fully saturated rings. The molecule has 4 heteroatoms. The van der Waals surface area contributed by atoms with Crippen LogP contribution in [0.3, 0.4) is 0 Å². The van der Waals surface area contributed by atoms with Crippen molar-refractivity contribution in [3.8, 4) is 0 Å². The third kappa shape index (κ3) is 15.6. The van der Waals surface area contributed by atoms with Gasteiger partial charge in [-0.05, 0) is 44.9 Å². The Kier molecular flexibility index (Phi) is 18.0. The molecule has 0 aromatic rings. The second-order valence-electron chi connectivity index (χ2n) is 6.72. The Labute approximate surface area is 176 Å². The minimum Gasteiger partial charge on any atom is -0.393 e. The van der Waals surface area contributed by atoms with E-state index in [-0.39, 0.29) is 6.42 Å². The Morgan fingerprint density at radius 1 is 0.655 bits per heavy atom. The quantitative estimate of drug-likeness (QED) is 0.307. The van der Waals surface area contributed by atoms with Crippen LogP contribution in [0.2, 0.25) is 0 Å². The van der Waals surface area contributed by atoms with Crippen molar-refractivity contribution in [3.05, 3.63) is 72.9 Å². The molecule has 0 amide bonds. The summed E-state index contributed by atoms with van der Waals surface area (Å²) in [6, 6.07) is 0. The molecule has 0 radical (unpaired) electrons. The lowest BCUT2D eigenvalue weighted by Crippen LogP contribution is -2.45. The molecule has 29 heavy (non-hydrogen) atoms. The highest BCUT2D eigenvalue weighted by Gasteiger charge is 2.33. The Bertz CT molecular complexity index is 576. The van der Waals surface area contributed by atoms with E-state index in [4.69, 9.17) is 10.2 Å². The summed E-state index contributed by atoms with van der Waals surface area (Å²) in [5, 5.41) is 27.5. The fourth-order valence-electron chi connectivity index (χ4n) is 2.31. The third-order valence-corrected chi connectivity index (χ3v) is 4.18. The minimum absolute atomic E-state index is 0.0970. The fourth-order valence-corrected chi connectivity index (χ4v) is 2.31. The zero-order valence-corrected chi connectivity index (χ0v) is 17.7. The maximum atomic E-state index is 11.7. The van der Waals surface area contributed by atoms with Gasteiger partial charge in [0.1, 0.15) is 0 Å². The van der Waals surface area contributed by atoms with Crippen molar-refractivity contribution in [2.24, 2.45) is 0 Å². The molecule has 0 aromatic carbocycles. The van der Waals surface area contributed by atoms with Crippen molar-refractivity contribution >= 4 is 5.78 Å². The first-order valence-corrected chi connectivity index (χ1v) is 10.5. The van der Waals surface area contributed by atoms with E-state index in [1.54, 1.807) is 0 Å². The van der Waals surface area contributed by atoms with Crippen LogP contribution in [0.25, 0.3) is 0 Å². The van der Waals surface area contributed by atoms with Crippen molar-refractivity contribution in [1.29, 1.82) is 0 Å². The van der Waals surface area contributed by atoms with Crippen LogP contribution in [0.15, 0.2) is 72.9 Å². The lowest BCUT2D eigenvalue weighted by molar-refractivity contribution is -0.146. The second-order valence-corrected chi connectivity index (χ2v) is 6.72. The summed E-state index contributed by atoms with van der Waals surface area (Å²) in [5.74, 6) is -0.540. The van der Waals surface area contributed by atoms with E-state index < -0.39 is 24.6 Å². The van der Waals surface area contributed by atoms with Gasteiger partial charge in [-0.1, -0.05) is 79.8 Å². The third-order valence-electron chi connectivity index (χ3n) is 4.18. The summed E-state index contributed by atoms with van der Waals surface area (Å²) in [7, 11) is 0. The summed E-state index contributed by atoms with van der Waals surface area (Å²) in [5.41, 5.74) is -2.02. The van der Waals surface area contributed by atoms with Crippen LogP contribution in [-0.4, -0.2) is 39.9 Å². The Balaban J connectivity index is 3.73. The zero-order chi connectivity index (χ0) is 21.6. The number of hydrogen-bond acceptors (Lipinski definition) is 4. The van der Waals surface area contributed by atoms with Gasteiger partial charge in [0.2, 0.25) is 0 Å². The van der Waals surface area contributed by atoms with Crippen LogP contribution >= 0.6 is 0 Å². The standard InChI is InChI=1S/C25H38O4/c1-2-3-4-5-6-7-8-9-10-11-12-13-14-15-16-17-18-19-20-21-24(28)25(29,22-26)23-27/h3-4,6-7,9-10,12-13,15-16,18-19,26-27,29H,2,5,8,11,14,17,20-23H2,1H3/b4-3+,7-6+,10-9+,13-12+,16-15+,19-18+. The number of rotatable bonds is 17. The first-order chi connectivity index (χ1) is 14.1. The summed E-state index contributed by atoms with van der Waals surface area (Å²) in [4.78, 5) is 11.7. The molecule has 162 valence electrons. The maximum absolute atomic E-state index is 11.7. The van der Waals surface area contributed by atoms with Crippen LogP contribution in [0, 0.1) is 0 Å². The molecule has 0 aromatic heterocycles. The van der Waals surface area contributed by atoms with E-state index >= 15 is 0 Å². The first kappa shape index (κ1) is 27.0. The number of hydrogen-bond donors (Lipinski definition) is 3. The van der Waals surface area contributed by atoms with Gasteiger partial charge in [0.15, 0.2) is 11.4 Å². The van der Waals surface area contributed by atoms with Crippen molar-refractivity contribution in [3.63, 3.8) is 0 Å². The van der Waals surface area contributed by atoms with Crippen LogP contribution in [0.4, 0.5) is 0 Å². The maximum Gasteiger partial charge on any atom is 0.169 e. The molecule has 0 atom stereocenters. The van der Waals surface area contributed by atoms with Gasteiger partial charge in [-0.15, -0.1) is 0 Å². The molecule has 0 bridgehead atoms. The number of ketones is 1. The Morgan fingerprint density at radius 3 is 1.34 bits per heavy atom. The highest BCUT2D eigenvalue weighted by molar-refractivity contribution is 5.87. The molecule has 0 saturated carbocycles. The topological polar surface area (TPSA) is 77.8 Å². The van der Waals surface area contributed by atoms with Crippen LogP contribution in [0.5, 0.6) is 0 Å². The predicted octanol–water partition coefficient (Wildman–Crippen LogP) is 4.75. The normalized spacial score (nSPS) is 13.5. The van der Waals surface area contributed by atoms with Gasteiger partial charge in [-0.2, -0.15) is 0 Å². The molecule has 3 N–H and O–H groups in total. The molecule has 0 aliphatic rings. The monoisotopic (exact) mass is 402 g/mol. The summed E-state index contributed by atoms with van der Waals surface area (Å²) >= 11 is 0. The van der Waals surface area contributed by atoms with E-state index in [1.165, 1.54) is 0 Å². The number of carbonyl (C=O) groups excluding carboxylic acids is 1. The van der Waals surface area contributed by atoms with Gasteiger partial charge in [0.05, 0.1) is 13.2 Å². The van der Waals surface area contributed by atoms with Gasteiger partial charge >= 0.3 is 0 Å². The molecule has 0 aliphatic carbocycles.